The Bertz CT molecular complexity index is 1200. The lowest BCUT2D eigenvalue weighted by atomic mass is 10.0. The van der Waals surface area contributed by atoms with Crippen LogP contribution in [-0.2, 0) is 10.0 Å². The van der Waals surface area contributed by atoms with E-state index in [1.807, 2.05) is 0 Å². The van der Waals surface area contributed by atoms with Gasteiger partial charge < -0.3 is 0 Å². The van der Waals surface area contributed by atoms with Crippen molar-refractivity contribution in [3.05, 3.63) is 99.6 Å². The minimum Gasteiger partial charge on any atom is -0.289 e. The number of hydrogen-bond acceptors (Lipinski definition) is 5. The third-order valence-corrected chi connectivity index (χ3v) is 5.86. The van der Waals surface area contributed by atoms with E-state index in [1.165, 1.54) is 43.3 Å². The standard InChI is InChI=1S/C20H15FN2O5S/c1-14-11-12-16(23(25)26)13-19(14)29(27,28)22(21)18-10-6-5-9-17(18)20(24)15-7-3-2-4-8-15/h2-13H,1H3. The monoisotopic (exact) mass is 414 g/mol. The fourth-order valence-corrected chi connectivity index (χ4v) is 4.10. The first-order valence-electron chi connectivity index (χ1n) is 8.38. The Morgan fingerprint density at radius 1 is 1.00 bits per heavy atom. The van der Waals surface area contributed by atoms with Gasteiger partial charge in [0.1, 0.15) is 0 Å². The van der Waals surface area contributed by atoms with Gasteiger partial charge >= 0.3 is 0 Å². The summed E-state index contributed by atoms with van der Waals surface area (Å²) in [7, 11) is -4.81. The molecular weight excluding hydrogens is 399 g/mol. The summed E-state index contributed by atoms with van der Waals surface area (Å²) in [6.07, 6.45) is 0. The van der Waals surface area contributed by atoms with Crippen LogP contribution in [0.5, 0.6) is 0 Å². The highest BCUT2D eigenvalue weighted by atomic mass is 32.2. The quantitative estimate of drug-likeness (QED) is 0.260. The number of non-ortho nitro benzene ring substituents is 1. The van der Waals surface area contributed by atoms with Gasteiger partial charge in [0, 0.05) is 23.3 Å². The van der Waals surface area contributed by atoms with E-state index in [4.69, 9.17) is 0 Å². The molecule has 0 radical (unpaired) electrons. The molecule has 0 saturated carbocycles. The van der Waals surface area contributed by atoms with Gasteiger partial charge in [-0.15, -0.1) is 0 Å². The number of nitro benzene ring substituents is 1. The van der Waals surface area contributed by atoms with Crippen LogP contribution in [0.2, 0.25) is 0 Å². The molecule has 0 unspecified atom stereocenters. The molecule has 3 aromatic rings. The van der Waals surface area contributed by atoms with Gasteiger partial charge in [0.05, 0.1) is 15.5 Å². The van der Waals surface area contributed by atoms with Crippen LogP contribution in [0.15, 0.2) is 77.7 Å². The number of para-hydroxylation sites is 1. The molecule has 0 aliphatic heterocycles. The van der Waals surface area contributed by atoms with Crippen LogP contribution in [0.1, 0.15) is 21.5 Å². The SMILES string of the molecule is Cc1ccc([N+](=O)[O-])cc1S(=O)(=O)N(F)c1ccccc1C(=O)c1ccccc1. The summed E-state index contributed by atoms with van der Waals surface area (Å²) in [5.74, 6) is -0.560. The van der Waals surface area contributed by atoms with Gasteiger partial charge in [-0.25, -0.2) is 0 Å². The molecule has 0 spiro atoms. The lowest BCUT2D eigenvalue weighted by Gasteiger charge is -2.18. The summed E-state index contributed by atoms with van der Waals surface area (Å²) >= 11 is 0. The van der Waals surface area contributed by atoms with Gasteiger partial charge in [-0.3, -0.25) is 14.9 Å². The first-order chi connectivity index (χ1) is 13.7. The van der Waals surface area contributed by atoms with Crippen molar-refractivity contribution in [1.29, 1.82) is 0 Å². The topological polar surface area (TPSA) is 97.6 Å². The van der Waals surface area contributed by atoms with Crippen LogP contribution in [-0.4, -0.2) is 19.1 Å². The molecule has 3 rings (SSSR count). The normalized spacial score (nSPS) is 11.1. The number of aryl methyl sites for hydroxylation is 1. The van der Waals surface area contributed by atoms with E-state index in [0.717, 1.165) is 18.2 Å². The molecule has 0 bridgehead atoms. The second-order valence-electron chi connectivity index (χ2n) is 6.14. The summed E-state index contributed by atoms with van der Waals surface area (Å²) in [6, 6.07) is 16.5. The van der Waals surface area contributed by atoms with E-state index in [9.17, 15) is 23.3 Å². The van der Waals surface area contributed by atoms with Crippen molar-refractivity contribution in [2.24, 2.45) is 0 Å². The molecule has 0 atom stereocenters. The number of sulfonamides is 1. The molecule has 7 nitrogen and oxygen atoms in total. The lowest BCUT2D eigenvalue weighted by molar-refractivity contribution is -0.385. The smallest absolute Gasteiger partial charge is 0.289 e. The summed E-state index contributed by atoms with van der Waals surface area (Å²) in [5, 5.41) is 11.0. The highest BCUT2D eigenvalue weighted by Crippen LogP contribution is 2.31. The molecule has 0 aliphatic carbocycles. The van der Waals surface area contributed by atoms with Crippen LogP contribution < -0.4 is 4.53 Å². The predicted molar refractivity (Wildman–Crippen MR) is 105 cm³/mol. The zero-order valence-corrected chi connectivity index (χ0v) is 16.0. The largest absolute Gasteiger partial charge is 0.291 e. The maximum absolute atomic E-state index is 15.2. The van der Waals surface area contributed by atoms with Crippen molar-refractivity contribution in [1.82, 2.24) is 0 Å². The highest BCUT2D eigenvalue weighted by molar-refractivity contribution is 7.92. The number of nitro groups is 1. The minimum atomic E-state index is -4.81. The van der Waals surface area contributed by atoms with Gasteiger partial charge in [-0.05, 0) is 24.6 Å². The zero-order chi connectivity index (χ0) is 21.2. The average molecular weight is 414 g/mol. The van der Waals surface area contributed by atoms with Crippen molar-refractivity contribution >= 4 is 27.2 Å². The van der Waals surface area contributed by atoms with Crippen LogP contribution >= 0.6 is 0 Å². The van der Waals surface area contributed by atoms with Crippen LogP contribution in [0, 0.1) is 17.0 Å². The third kappa shape index (κ3) is 3.85. The maximum atomic E-state index is 15.2. The Labute approximate surface area is 166 Å². The number of hydrogen-bond donors (Lipinski definition) is 0. The first-order valence-corrected chi connectivity index (χ1v) is 9.82. The number of carbonyl (C=O) groups excluding carboxylic acids is 1. The second kappa shape index (κ2) is 7.80. The van der Waals surface area contributed by atoms with Crippen molar-refractivity contribution in [2.45, 2.75) is 11.8 Å². The van der Waals surface area contributed by atoms with E-state index in [-0.39, 0.29) is 16.7 Å². The number of halogens is 1. The van der Waals surface area contributed by atoms with Crippen LogP contribution in [0.4, 0.5) is 15.9 Å². The number of carbonyl (C=O) groups is 1. The third-order valence-electron chi connectivity index (χ3n) is 4.25. The summed E-state index contributed by atoms with van der Waals surface area (Å²) in [4.78, 5) is 22.4. The second-order valence-corrected chi connectivity index (χ2v) is 7.85. The van der Waals surface area contributed by atoms with Crippen molar-refractivity contribution < 1.29 is 22.6 Å². The van der Waals surface area contributed by atoms with Crippen LogP contribution in [0.25, 0.3) is 0 Å². The Morgan fingerprint density at radius 3 is 2.28 bits per heavy atom. The molecule has 148 valence electrons. The number of nitrogens with zero attached hydrogens (tertiary/aromatic N) is 2. The van der Waals surface area contributed by atoms with Gasteiger partial charge in [0.25, 0.3) is 15.7 Å². The fourth-order valence-electron chi connectivity index (χ4n) is 2.76. The Balaban J connectivity index is 2.10. The maximum Gasteiger partial charge on any atom is 0.291 e. The van der Waals surface area contributed by atoms with E-state index in [0.29, 0.717) is 0 Å². The van der Waals surface area contributed by atoms with Crippen LogP contribution in [0.3, 0.4) is 0 Å². The van der Waals surface area contributed by atoms with E-state index in [2.05, 4.69) is 0 Å². The Kier molecular flexibility index (Phi) is 5.42. The molecule has 29 heavy (non-hydrogen) atoms. The van der Waals surface area contributed by atoms with E-state index in [1.54, 1.807) is 18.2 Å². The van der Waals surface area contributed by atoms with Gasteiger partial charge in [0.15, 0.2) is 5.78 Å². The summed E-state index contributed by atoms with van der Waals surface area (Å²) in [5.41, 5.74) is -0.737. The molecule has 3 aromatic carbocycles. The molecule has 0 aliphatic rings. The van der Waals surface area contributed by atoms with Gasteiger partial charge in [-0.1, -0.05) is 57.5 Å². The van der Waals surface area contributed by atoms with Crippen molar-refractivity contribution in [3.8, 4) is 0 Å². The van der Waals surface area contributed by atoms with Crippen molar-refractivity contribution in [2.75, 3.05) is 4.53 Å². The predicted octanol–water partition coefficient (Wildman–Crippen LogP) is 4.21. The molecule has 0 amide bonds. The number of ketones is 1. The molecule has 0 N–H and O–H groups in total. The molecule has 0 aromatic heterocycles. The number of benzene rings is 3. The average Bonchev–Trinajstić information content (AvgIpc) is 2.73. The van der Waals surface area contributed by atoms with E-state index < -0.39 is 41.5 Å². The summed E-state index contributed by atoms with van der Waals surface area (Å²) in [6.45, 7) is 1.39. The van der Waals surface area contributed by atoms with Gasteiger partial charge in [-0.2, -0.15) is 8.42 Å². The van der Waals surface area contributed by atoms with Crippen molar-refractivity contribution in [3.63, 3.8) is 0 Å². The minimum absolute atomic E-state index is 0.130. The first kappa shape index (κ1) is 20.2. The molecule has 0 saturated heterocycles. The molecule has 0 fully saturated rings. The molecule has 0 heterocycles. The Hall–Kier alpha value is -3.59. The molecular formula is C20H15FN2O5S. The fraction of sp³-hybridized carbons (Fsp3) is 0.0500. The zero-order valence-electron chi connectivity index (χ0n) is 15.2. The number of rotatable bonds is 6. The Morgan fingerprint density at radius 2 is 1.62 bits per heavy atom. The lowest BCUT2D eigenvalue weighted by Crippen LogP contribution is -2.25. The number of anilines is 1. The summed E-state index contributed by atoms with van der Waals surface area (Å²) < 4.78 is 40.4. The van der Waals surface area contributed by atoms with E-state index >= 15 is 4.48 Å². The van der Waals surface area contributed by atoms with Gasteiger partial charge in [0.2, 0.25) is 0 Å². The highest BCUT2D eigenvalue weighted by Gasteiger charge is 2.31. The molecule has 9 heteroatoms.